The van der Waals surface area contributed by atoms with Crippen molar-refractivity contribution >= 4 is 23.2 Å². The lowest BCUT2D eigenvalue weighted by Crippen LogP contribution is -2.35. The van der Waals surface area contributed by atoms with Crippen LogP contribution in [0.3, 0.4) is 0 Å². The van der Waals surface area contributed by atoms with Crippen molar-refractivity contribution in [3.63, 3.8) is 0 Å². The van der Waals surface area contributed by atoms with Crippen molar-refractivity contribution in [1.29, 1.82) is 0 Å². The van der Waals surface area contributed by atoms with Crippen molar-refractivity contribution in [3.05, 3.63) is 58.4 Å². The number of amides is 1. The molecule has 0 saturated heterocycles. The molecule has 0 fully saturated rings. The number of carbonyl (C=O) groups is 1. The van der Waals surface area contributed by atoms with Crippen molar-refractivity contribution < 1.29 is 4.79 Å². The molecule has 3 rings (SSSR count). The quantitative estimate of drug-likeness (QED) is 0.801. The zero-order valence-corrected chi connectivity index (χ0v) is 16.4. The maximum absolute atomic E-state index is 13.2. The van der Waals surface area contributed by atoms with Gasteiger partial charge in [0.25, 0.3) is 5.91 Å². The molecule has 0 unspecified atom stereocenters. The molecule has 2 aromatic rings. The van der Waals surface area contributed by atoms with E-state index < -0.39 is 0 Å². The summed E-state index contributed by atoms with van der Waals surface area (Å²) in [7, 11) is 0. The van der Waals surface area contributed by atoms with Crippen molar-refractivity contribution in [3.8, 4) is 0 Å². The minimum absolute atomic E-state index is 0.00158. The van der Waals surface area contributed by atoms with Gasteiger partial charge in [-0.2, -0.15) is 0 Å². The van der Waals surface area contributed by atoms with Crippen LogP contribution >= 0.6 is 11.6 Å². The van der Waals surface area contributed by atoms with Gasteiger partial charge in [0.1, 0.15) is 5.15 Å². The van der Waals surface area contributed by atoms with Gasteiger partial charge in [-0.3, -0.25) is 4.79 Å². The zero-order valence-electron chi connectivity index (χ0n) is 15.7. The van der Waals surface area contributed by atoms with Crippen LogP contribution in [0.5, 0.6) is 0 Å². The molecule has 1 aromatic carbocycles. The van der Waals surface area contributed by atoms with E-state index in [9.17, 15) is 4.79 Å². The lowest BCUT2D eigenvalue weighted by atomic mass is 10.1. The largest absolute Gasteiger partial charge is 0.308 e. The van der Waals surface area contributed by atoms with Crippen molar-refractivity contribution in [2.24, 2.45) is 0 Å². The van der Waals surface area contributed by atoms with Gasteiger partial charge < -0.3 is 10.2 Å². The summed E-state index contributed by atoms with van der Waals surface area (Å²) in [5, 5.41) is 3.65. The van der Waals surface area contributed by atoms with E-state index in [0.29, 0.717) is 18.7 Å². The predicted octanol–water partition coefficient (Wildman–Crippen LogP) is 4.61. The normalized spacial score (nSPS) is 14.7. The number of halogens is 1. The number of nitrogens with zero attached hydrogens (tertiary/aromatic N) is 2. The van der Waals surface area contributed by atoms with E-state index in [1.54, 1.807) is 6.07 Å². The van der Waals surface area contributed by atoms with Crippen LogP contribution in [0.2, 0.25) is 5.15 Å². The van der Waals surface area contributed by atoms with Gasteiger partial charge in [-0.05, 0) is 63.8 Å². The predicted molar refractivity (Wildman–Crippen MR) is 107 cm³/mol. The molecular formula is C21H26ClN3O. The Morgan fingerprint density at radius 1 is 1.19 bits per heavy atom. The van der Waals surface area contributed by atoms with Gasteiger partial charge in [-0.1, -0.05) is 29.8 Å². The lowest BCUT2D eigenvalue weighted by Gasteiger charge is -2.23. The summed E-state index contributed by atoms with van der Waals surface area (Å²) in [6.45, 7) is 7.62. The third-order valence-electron chi connectivity index (χ3n) is 4.54. The van der Waals surface area contributed by atoms with E-state index in [2.05, 4.69) is 37.1 Å². The standard InChI is InChI=1S/C21H26ClN3O/c1-21(2,3)23-14-16-11-12-17(19(22)24-16)20(26)25-13-7-6-9-15-8-4-5-10-18(15)25/h4-5,8,10-12,23H,6-7,9,13-14H2,1-3H3. The van der Waals surface area contributed by atoms with Crippen LogP contribution < -0.4 is 10.2 Å². The highest BCUT2D eigenvalue weighted by atomic mass is 35.5. The van der Waals surface area contributed by atoms with E-state index >= 15 is 0 Å². The molecule has 5 heteroatoms. The molecule has 1 aromatic heterocycles. The summed E-state index contributed by atoms with van der Waals surface area (Å²) in [6.07, 6.45) is 3.08. The minimum atomic E-state index is -0.0767. The maximum atomic E-state index is 13.2. The average Bonchev–Trinajstić information content (AvgIpc) is 2.81. The van der Waals surface area contributed by atoms with Crippen molar-refractivity contribution in [2.75, 3.05) is 11.4 Å². The first kappa shape index (κ1) is 18.9. The molecule has 138 valence electrons. The molecule has 0 atom stereocenters. The van der Waals surface area contributed by atoms with E-state index in [1.165, 1.54) is 5.56 Å². The minimum Gasteiger partial charge on any atom is -0.308 e. The van der Waals surface area contributed by atoms with E-state index in [0.717, 1.165) is 30.6 Å². The number of pyridine rings is 1. The molecule has 0 spiro atoms. The molecule has 0 bridgehead atoms. The van der Waals surface area contributed by atoms with Gasteiger partial charge in [0.2, 0.25) is 0 Å². The second kappa shape index (κ2) is 7.77. The Kier molecular flexibility index (Phi) is 5.64. The lowest BCUT2D eigenvalue weighted by molar-refractivity contribution is 0.0986. The molecule has 4 nitrogen and oxygen atoms in total. The number of rotatable bonds is 3. The summed E-state index contributed by atoms with van der Waals surface area (Å²) < 4.78 is 0. The van der Waals surface area contributed by atoms with Crippen LogP contribution in [0.4, 0.5) is 5.69 Å². The fourth-order valence-electron chi connectivity index (χ4n) is 3.13. The van der Waals surface area contributed by atoms with Crippen LogP contribution in [0.15, 0.2) is 36.4 Å². The second-order valence-electron chi connectivity index (χ2n) is 7.79. The highest BCUT2D eigenvalue weighted by Crippen LogP contribution is 2.28. The summed E-state index contributed by atoms with van der Waals surface area (Å²) >= 11 is 6.37. The zero-order chi connectivity index (χ0) is 18.7. The fraction of sp³-hybridized carbons (Fsp3) is 0.429. The summed E-state index contributed by atoms with van der Waals surface area (Å²) in [5.41, 5.74) is 3.50. The number of nitrogens with one attached hydrogen (secondary N) is 1. The molecule has 0 radical (unpaired) electrons. The van der Waals surface area contributed by atoms with Crippen LogP contribution in [0.1, 0.15) is 55.2 Å². The molecular weight excluding hydrogens is 346 g/mol. The van der Waals surface area contributed by atoms with Crippen LogP contribution in [0, 0.1) is 0 Å². The van der Waals surface area contributed by atoms with Gasteiger partial charge in [0.05, 0.1) is 11.3 Å². The Labute approximate surface area is 160 Å². The fourth-order valence-corrected chi connectivity index (χ4v) is 3.39. The first-order valence-corrected chi connectivity index (χ1v) is 9.53. The number of benzene rings is 1. The summed E-state index contributed by atoms with van der Waals surface area (Å²) in [4.78, 5) is 19.4. The number of hydrogen-bond donors (Lipinski definition) is 1. The van der Waals surface area contributed by atoms with E-state index in [4.69, 9.17) is 11.6 Å². The van der Waals surface area contributed by atoms with Gasteiger partial charge >= 0.3 is 0 Å². The van der Waals surface area contributed by atoms with Gasteiger partial charge in [0, 0.05) is 24.3 Å². The monoisotopic (exact) mass is 371 g/mol. The summed E-state index contributed by atoms with van der Waals surface area (Å²) in [6, 6.07) is 11.8. The average molecular weight is 372 g/mol. The molecule has 26 heavy (non-hydrogen) atoms. The molecule has 1 aliphatic heterocycles. The van der Waals surface area contributed by atoms with Gasteiger partial charge in [-0.15, -0.1) is 0 Å². The molecule has 1 aliphatic rings. The number of anilines is 1. The Hall–Kier alpha value is -1.91. The van der Waals surface area contributed by atoms with Gasteiger partial charge in [0.15, 0.2) is 0 Å². The van der Waals surface area contributed by atoms with Crippen molar-refractivity contribution in [2.45, 2.75) is 52.1 Å². The number of carbonyl (C=O) groups excluding carboxylic acids is 1. The van der Waals surface area contributed by atoms with Gasteiger partial charge in [-0.25, -0.2) is 4.98 Å². The first-order chi connectivity index (χ1) is 12.3. The number of hydrogen-bond acceptors (Lipinski definition) is 3. The highest BCUT2D eigenvalue weighted by molar-refractivity contribution is 6.33. The molecule has 1 N–H and O–H groups in total. The van der Waals surface area contributed by atoms with Crippen LogP contribution in [-0.4, -0.2) is 23.0 Å². The van der Waals surface area contributed by atoms with Crippen molar-refractivity contribution in [1.82, 2.24) is 10.3 Å². The Morgan fingerprint density at radius 3 is 2.69 bits per heavy atom. The van der Waals surface area contributed by atoms with E-state index in [1.807, 2.05) is 29.2 Å². The first-order valence-electron chi connectivity index (χ1n) is 9.15. The third-order valence-corrected chi connectivity index (χ3v) is 4.83. The SMILES string of the molecule is CC(C)(C)NCc1ccc(C(=O)N2CCCCc3ccccc32)c(Cl)n1. The Bertz CT molecular complexity index is 798. The molecule has 0 saturated carbocycles. The molecule has 2 heterocycles. The third kappa shape index (κ3) is 4.43. The Balaban J connectivity index is 1.84. The highest BCUT2D eigenvalue weighted by Gasteiger charge is 2.24. The van der Waals surface area contributed by atoms with Crippen LogP contribution in [-0.2, 0) is 13.0 Å². The molecule has 0 aliphatic carbocycles. The number of aryl methyl sites for hydroxylation is 1. The molecule has 1 amide bonds. The number of fused-ring (bicyclic) bond motifs is 1. The maximum Gasteiger partial charge on any atom is 0.261 e. The van der Waals surface area contributed by atoms with Crippen LogP contribution in [0.25, 0.3) is 0 Å². The Morgan fingerprint density at radius 2 is 1.96 bits per heavy atom. The summed E-state index contributed by atoms with van der Waals surface area (Å²) in [5.74, 6) is -0.0767. The number of aromatic nitrogens is 1. The number of para-hydroxylation sites is 1. The topological polar surface area (TPSA) is 45.2 Å². The second-order valence-corrected chi connectivity index (χ2v) is 8.15. The smallest absolute Gasteiger partial charge is 0.261 e. The van der Waals surface area contributed by atoms with E-state index in [-0.39, 0.29) is 16.6 Å².